The van der Waals surface area contributed by atoms with Crippen LogP contribution in [0.15, 0.2) is 72.9 Å². The monoisotopic (exact) mass is 398 g/mol. The summed E-state index contributed by atoms with van der Waals surface area (Å²) in [5, 5.41) is 4.43. The average molecular weight is 399 g/mol. The Labute approximate surface area is 176 Å². The van der Waals surface area contributed by atoms with Gasteiger partial charge in [-0.25, -0.2) is 9.97 Å². The first-order valence-electron chi connectivity index (χ1n) is 10.7. The Morgan fingerprint density at radius 2 is 1.70 bits per heavy atom. The molecule has 1 aliphatic heterocycles. The zero-order valence-electron chi connectivity index (χ0n) is 16.9. The highest BCUT2D eigenvalue weighted by molar-refractivity contribution is 5.77. The van der Waals surface area contributed by atoms with Crippen molar-refractivity contribution in [3.8, 4) is 11.4 Å². The summed E-state index contributed by atoms with van der Waals surface area (Å²) >= 11 is 0. The third-order valence-electron chi connectivity index (χ3n) is 5.68. The van der Waals surface area contributed by atoms with E-state index in [9.17, 15) is 0 Å². The molecule has 1 fully saturated rings. The number of nitrogens with one attached hydrogen (secondary N) is 2. The molecule has 5 nitrogen and oxygen atoms in total. The number of rotatable bonds is 6. The van der Waals surface area contributed by atoms with Gasteiger partial charge in [0.1, 0.15) is 11.8 Å². The summed E-state index contributed by atoms with van der Waals surface area (Å²) in [4.78, 5) is 12.9. The van der Waals surface area contributed by atoms with Gasteiger partial charge in [0.25, 0.3) is 0 Å². The van der Waals surface area contributed by atoms with Crippen LogP contribution in [0.25, 0.3) is 22.4 Å². The minimum absolute atomic E-state index is 0.0372. The van der Waals surface area contributed by atoms with E-state index in [0.29, 0.717) is 0 Å². The Hall–Kier alpha value is -3.02. The zero-order chi connectivity index (χ0) is 20.2. The molecule has 0 bridgehead atoms. The molecule has 152 valence electrons. The fourth-order valence-corrected chi connectivity index (χ4v) is 4.06. The van der Waals surface area contributed by atoms with Crippen LogP contribution >= 0.6 is 0 Å². The maximum Gasteiger partial charge on any atom is 0.161 e. The molecule has 2 aromatic heterocycles. The number of hydrogen-bond acceptors (Lipinski definition) is 4. The number of H-pyrrole nitrogens is 1. The lowest BCUT2D eigenvalue weighted by atomic mass is 10.0. The first-order valence-corrected chi connectivity index (χ1v) is 10.7. The number of benzene rings is 2. The molecule has 1 atom stereocenters. The predicted molar refractivity (Wildman–Crippen MR) is 119 cm³/mol. The number of nitrogens with zero attached hydrogens (tertiary/aromatic N) is 2. The third kappa shape index (κ3) is 4.27. The van der Waals surface area contributed by atoms with E-state index < -0.39 is 0 Å². The highest BCUT2D eigenvalue weighted by Gasteiger charge is 2.22. The number of aromatic amines is 1. The van der Waals surface area contributed by atoms with Crippen LogP contribution in [0, 0.1) is 0 Å². The van der Waals surface area contributed by atoms with Crippen LogP contribution in [0.1, 0.15) is 30.2 Å². The topological polar surface area (TPSA) is 62.8 Å². The normalized spacial score (nSPS) is 16.0. The van der Waals surface area contributed by atoms with Crippen molar-refractivity contribution in [3.05, 3.63) is 84.2 Å². The van der Waals surface area contributed by atoms with Gasteiger partial charge in [-0.2, -0.15) is 0 Å². The van der Waals surface area contributed by atoms with Crippen LogP contribution < -0.4 is 5.32 Å². The highest BCUT2D eigenvalue weighted by Crippen LogP contribution is 2.28. The molecule has 0 saturated carbocycles. The van der Waals surface area contributed by atoms with Gasteiger partial charge in [0.05, 0.1) is 6.10 Å². The van der Waals surface area contributed by atoms with Crippen molar-refractivity contribution in [1.29, 1.82) is 0 Å². The van der Waals surface area contributed by atoms with E-state index in [0.717, 1.165) is 60.5 Å². The number of hydrogen-bond donors (Lipinski definition) is 2. The lowest BCUT2D eigenvalue weighted by Crippen LogP contribution is -2.33. The largest absolute Gasteiger partial charge is 0.368 e. The Balaban J connectivity index is 1.46. The predicted octanol–water partition coefficient (Wildman–Crippen LogP) is 4.68. The Bertz CT molecular complexity index is 1090. The van der Waals surface area contributed by atoms with Crippen molar-refractivity contribution in [2.75, 3.05) is 13.1 Å². The van der Waals surface area contributed by atoms with Gasteiger partial charge in [0.15, 0.2) is 5.82 Å². The summed E-state index contributed by atoms with van der Waals surface area (Å²) in [6, 6.07) is 22.8. The van der Waals surface area contributed by atoms with Crippen LogP contribution in [0.4, 0.5) is 0 Å². The van der Waals surface area contributed by atoms with Crippen molar-refractivity contribution in [2.45, 2.75) is 31.5 Å². The number of piperidine rings is 1. The van der Waals surface area contributed by atoms with Crippen LogP contribution in [0.3, 0.4) is 0 Å². The zero-order valence-corrected chi connectivity index (χ0v) is 16.9. The van der Waals surface area contributed by atoms with Crippen molar-refractivity contribution in [1.82, 2.24) is 20.3 Å². The van der Waals surface area contributed by atoms with Crippen LogP contribution in [-0.4, -0.2) is 34.1 Å². The molecule has 1 aliphatic rings. The van der Waals surface area contributed by atoms with Crippen molar-refractivity contribution < 1.29 is 4.74 Å². The van der Waals surface area contributed by atoms with Gasteiger partial charge in [-0.1, -0.05) is 60.7 Å². The van der Waals surface area contributed by atoms with Gasteiger partial charge >= 0.3 is 0 Å². The van der Waals surface area contributed by atoms with Crippen LogP contribution in [-0.2, 0) is 11.2 Å². The summed E-state index contributed by atoms with van der Waals surface area (Å²) in [5.41, 5.74) is 4.20. The Kier molecular flexibility index (Phi) is 5.55. The van der Waals surface area contributed by atoms with Crippen LogP contribution in [0.2, 0.25) is 0 Å². The molecule has 30 heavy (non-hydrogen) atoms. The number of aromatic nitrogens is 3. The third-order valence-corrected chi connectivity index (χ3v) is 5.68. The molecular formula is C25H26N4O. The average Bonchev–Trinajstić information content (AvgIpc) is 3.24. The van der Waals surface area contributed by atoms with E-state index in [4.69, 9.17) is 9.72 Å². The molecular weight excluding hydrogens is 372 g/mol. The molecule has 2 N–H and O–H groups in total. The van der Waals surface area contributed by atoms with E-state index in [-0.39, 0.29) is 12.2 Å². The van der Waals surface area contributed by atoms with Gasteiger partial charge in [0, 0.05) is 29.3 Å². The van der Waals surface area contributed by atoms with Crippen molar-refractivity contribution in [3.63, 3.8) is 0 Å². The van der Waals surface area contributed by atoms with Crippen molar-refractivity contribution in [2.24, 2.45) is 0 Å². The fraction of sp³-hybridized carbons (Fsp3) is 0.280. The second-order valence-corrected chi connectivity index (χ2v) is 7.85. The van der Waals surface area contributed by atoms with E-state index >= 15 is 0 Å². The molecule has 2 aromatic carbocycles. The summed E-state index contributed by atoms with van der Waals surface area (Å²) in [6.45, 7) is 2.03. The molecule has 0 aliphatic carbocycles. The Morgan fingerprint density at radius 1 is 0.967 bits per heavy atom. The SMILES string of the molecule is c1ccc(CC(OC2CCNCC2)c2cc3cnc(-c4ccccc4)nc3[nH]2)cc1. The van der Waals surface area contributed by atoms with Crippen molar-refractivity contribution >= 4 is 11.0 Å². The summed E-state index contributed by atoms with van der Waals surface area (Å²) in [7, 11) is 0. The molecule has 5 heteroatoms. The van der Waals surface area contributed by atoms with Gasteiger partial charge in [-0.15, -0.1) is 0 Å². The van der Waals surface area contributed by atoms with Gasteiger partial charge < -0.3 is 15.0 Å². The fourth-order valence-electron chi connectivity index (χ4n) is 4.06. The highest BCUT2D eigenvalue weighted by atomic mass is 16.5. The molecule has 5 rings (SSSR count). The van der Waals surface area contributed by atoms with Gasteiger partial charge in [-0.05, 0) is 37.6 Å². The lowest BCUT2D eigenvalue weighted by molar-refractivity contribution is -0.0294. The van der Waals surface area contributed by atoms with E-state index in [1.54, 1.807) is 0 Å². The van der Waals surface area contributed by atoms with Gasteiger partial charge in [-0.3, -0.25) is 0 Å². The first-order chi connectivity index (χ1) is 14.8. The molecule has 3 heterocycles. The molecule has 1 saturated heterocycles. The van der Waals surface area contributed by atoms with Crippen LogP contribution in [0.5, 0.6) is 0 Å². The number of ether oxygens (including phenoxy) is 1. The Morgan fingerprint density at radius 3 is 2.47 bits per heavy atom. The quantitative estimate of drug-likeness (QED) is 0.495. The van der Waals surface area contributed by atoms with E-state index in [2.05, 4.69) is 51.7 Å². The molecule has 1 unspecified atom stereocenters. The molecule has 0 amide bonds. The number of fused-ring (bicyclic) bond motifs is 1. The van der Waals surface area contributed by atoms with Gasteiger partial charge in [0.2, 0.25) is 0 Å². The minimum Gasteiger partial charge on any atom is -0.368 e. The van der Waals surface area contributed by atoms with E-state index in [1.165, 1.54) is 5.56 Å². The minimum atomic E-state index is -0.0372. The maximum atomic E-state index is 6.61. The molecule has 0 spiro atoms. The first kappa shape index (κ1) is 19.0. The molecule has 0 radical (unpaired) electrons. The lowest BCUT2D eigenvalue weighted by Gasteiger charge is -2.28. The van der Waals surface area contributed by atoms with E-state index in [1.807, 2.05) is 36.5 Å². The summed E-state index contributed by atoms with van der Waals surface area (Å²) < 4.78 is 6.61. The molecule has 4 aromatic rings. The second kappa shape index (κ2) is 8.78. The standard InChI is InChI=1S/C25H26N4O/c1-3-7-18(8-4-1)15-23(30-21-11-13-26-14-12-21)22-16-20-17-27-24(29-25(20)28-22)19-9-5-2-6-10-19/h1-10,16-17,21,23,26H,11-15H2,(H,27,28,29). The summed E-state index contributed by atoms with van der Waals surface area (Å²) in [5.74, 6) is 0.732. The summed E-state index contributed by atoms with van der Waals surface area (Å²) in [6.07, 6.45) is 5.06. The second-order valence-electron chi connectivity index (χ2n) is 7.85. The smallest absolute Gasteiger partial charge is 0.161 e. The maximum absolute atomic E-state index is 6.61.